The summed E-state index contributed by atoms with van der Waals surface area (Å²) in [5.41, 5.74) is 0.813. The first-order chi connectivity index (χ1) is 14.7. The summed E-state index contributed by atoms with van der Waals surface area (Å²) in [6.45, 7) is 4.57. The van der Waals surface area contributed by atoms with Crippen molar-refractivity contribution in [2.24, 2.45) is 5.92 Å². The third-order valence-corrected chi connectivity index (χ3v) is 7.92. The van der Waals surface area contributed by atoms with Crippen LogP contribution in [0.15, 0.2) is 53.4 Å². The minimum Gasteiger partial charge on any atom is -0.339 e. The molecule has 0 saturated carbocycles. The molecular weight excluding hydrogens is 436 g/mol. The van der Waals surface area contributed by atoms with E-state index in [1.54, 1.807) is 53.4 Å². The fraction of sp³-hybridized carbons (Fsp3) is 0.391. The van der Waals surface area contributed by atoms with Gasteiger partial charge in [0.1, 0.15) is 0 Å². The molecule has 1 saturated heterocycles. The largest absolute Gasteiger partial charge is 0.339 e. The number of carbonyl (C=O) groups excluding carboxylic acids is 2. The number of sulfone groups is 1. The second-order valence-electron chi connectivity index (χ2n) is 8.19. The summed E-state index contributed by atoms with van der Waals surface area (Å²) in [6, 6.07) is 13.2. The van der Waals surface area contributed by atoms with Crippen molar-refractivity contribution in [1.82, 2.24) is 4.90 Å². The van der Waals surface area contributed by atoms with Gasteiger partial charge in [0.15, 0.2) is 9.84 Å². The van der Waals surface area contributed by atoms with Gasteiger partial charge in [0.05, 0.1) is 20.7 Å². The molecular formula is C23H27ClN2O4S. The van der Waals surface area contributed by atoms with Gasteiger partial charge in [-0.1, -0.05) is 43.6 Å². The highest BCUT2D eigenvalue weighted by molar-refractivity contribution is 7.92. The number of rotatable bonds is 6. The number of benzene rings is 2. The van der Waals surface area contributed by atoms with Crippen LogP contribution in [0.1, 0.15) is 43.5 Å². The summed E-state index contributed by atoms with van der Waals surface area (Å²) in [5.74, 6) is -0.162. The average Bonchev–Trinajstić information content (AvgIpc) is 2.74. The normalized spacial score (nSPS) is 15.2. The molecule has 0 aliphatic carbocycles. The lowest BCUT2D eigenvalue weighted by atomic mass is 10.1. The van der Waals surface area contributed by atoms with Gasteiger partial charge in [-0.15, -0.1) is 0 Å². The number of piperidine rings is 1. The van der Waals surface area contributed by atoms with Crippen molar-refractivity contribution in [3.63, 3.8) is 0 Å². The molecule has 31 heavy (non-hydrogen) atoms. The molecule has 6 nitrogen and oxygen atoms in total. The van der Waals surface area contributed by atoms with Crippen LogP contribution in [0.2, 0.25) is 5.02 Å². The van der Waals surface area contributed by atoms with Gasteiger partial charge < -0.3 is 10.2 Å². The topological polar surface area (TPSA) is 83.6 Å². The molecule has 0 aromatic heterocycles. The van der Waals surface area contributed by atoms with Crippen LogP contribution in [0.4, 0.5) is 5.69 Å². The summed E-state index contributed by atoms with van der Waals surface area (Å²) in [5, 5.41) is 2.58. The van der Waals surface area contributed by atoms with Crippen LogP contribution in [-0.4, -0.2) is 43.5 Å². The quantitative estimate of drug-likeness (QED) is 0.689. The lowest BCUT2D eigenvalue weighted by molar-refractivity contribution is -0.116. The maximum absolute atomic E-state index is 13.0. The lowest BCUT2D eigenvalue weighted by Crippen LogP contribution is -2.42. The Morgan fingerprint density at radius 1 is 1.10 bits per heavy atom. The summed E-state index contributed by atoms with van der Waals surface area (Å²) in [7, 11) is -3.43. The molecule has 8 heteroatoms. The van der Waals surface area contributed by atoms with Crippen molar-refractivity contribution >= 4 is 38.9 Å². The Balaban J connectivity index is 1.68. The maximum atomic E-state index is 13.0. The van der Waals surface area contributed by atoms with Gasteiger partial charge in [0.25, 0.3) is 5.91 Å². The minimum atomic E-state index is -3.43. The first-order valence-corrected chi connectivity index (χ1v) is 12.3. The fourth-order valence-corrected chi connectivity index (χ4v) is 5.64. The van der Waals surface area contributed by atoms with E-state index in [1.165, 1.54) is 0 Å². The molecule has 1 aliphatic rings. The second kappa shape index (κ2) is 9.83. The Kier molecular flexibility index (Phi) is 7.38. The number of nitrogens with zero attached hydrogens (tertiary/aromatic N) is 1. The summed E-state index contributed by atoms with van der Waals surface area (Å²) in [4.78, 5) is 27.0. The predicted molar refractivity (Wildman–Crippen MR) is 122 cm³/mol. The standard InChI is InChI=1S/C23H27ClN2O4S/c1-16(2)14-22(27)25-17-8-9-21(24)20(15-17)23(28)26-12-10-19(11-13-26)31(29,30)18-6-4-3-5-7-18/h3-9,15-16,19H,10-14H2,1-2H3,(H,25,27). The van der Waals surface area contributed by atoms with E-state index in [4.69, 9.17) is 11.6 Å². The number of hydrogen-bond donors (Lipinski definition) is 1. The molecule has 0 unspecified atom stereocenters. The van der Waals surface area contributed by atoms with Crippen molar-refractivity contribution in [2.45, 2.75) is 43.3 Å². The van der Waals surface area contributed by atoms with Gasteiger partial charge >= 0.3 is 0 Å². The Bertz CT molecular complexity index is 1050. The molecule has 0 atom stereocenters. The van der Waals surface area contributed by atoms with Crippen LogP contribution < -0.4 is 5.32 Å². The second-order valence-corrected chi connectivity index (χ2v) is 10.8. The van der Waals surface area contributed by atoms with Gasteiger partial charge in [-0.3, -0.25) is 9.59 Å². The number of nitrogens with one attached hydrogen (secondary N) is 1. The van der Waals surface area contributed by atoms with Crippen LogP contribution >= 0.6 is 11.6 Å². The van der Waals surface area contributed by atoms with Crippen molar-refractivity contribution in [3.05, 3.63) is 59.1 Å². The van der Waals surface area contributed by atoms with Crippen LogP contribution in [0, 0.1) is 5.92 Å². The molecule has 1 fully saturated rings. The van der Waals surface area contributed by atoms with Gasteiger partial charge in [-0.25, -0.2) is 8.42 Å². The predicted octanol–water partition coefficient (Wildman–Crippen LogP) is 4.40. The summed E-state index contributed by atoms with van der Waals surface area (Å²) in [6.07, 6.45) is 1.12. The summed E-state index contributed by atoms with van der Waals surface area (Å²) >= 11 is 6.26. The number of halogens is 1. The lowest BCUT2D eigenvalue weighted by Gasteiger charge is -2.32. The number of likely N-dealkylation sites (tertiary alicyclic amines) is 1. The Morgan fingerprint density at radius 3 is 2.35 bits per heavy atom. The van der Waals surface area contributed by atoms with E-state index >= 15 is 0 Å². The SMILES string of the molecule is CC(C)CC(=O)Nc1ccc(Cl)c(C(=O)N2CCC(S(=O)(=O)c3ccccc3)CC2)c1. The molecule has 0 bridgehead atoms. The molecule has 0 spiro atoms. The molecule has 166 valence electrons. The Hall–Kier alpha value is -2.38. The third kappa shape index (κ3) is 5.66. The van der Waals surface area contributed by atoms with Crippen molar-refractivity contribution in [2.75, 3.05) is 18.4 Å². The van der Waals surface area contributed by atoms with E-state index in [-0.39, 0.29) is 17.7 Å². The van der Waals surface area contributed by atoms with E-state index in [2.05, 4.69) is 5.32 Å². The van der Waals surface area contributed by atoms with E-state index in [0.717, 1.165) is 0 Å². The van der Waals surface area contributed by atoms with Crippen molar-refractivity contribution in [3.8, 4) is 0 Å². The summed E-state index contributed by atoms with van der Waals surface area (Å²) < 4.78 is 25.7. The molecule has 2 aromatic carbocycles. The van der Waals surface area contributed by atoms with Crippen LogP contribution in [-0.2, 0) is 14.6 Å². The first kappa shape index (κ1) is 23.3. The monoisotopic (exact) mass is 462 g/mol. The van der Waals surface area contributed by atoms with Crippen molar-refractivity contribution in [1.29, 1.82) is 0 Å². The maximum Gasteiger partial charge on any atom is 0.255 e. The van der Waals surface area contributed by atoms with Crippen molar-refractivity contribution < 1.29 is 18.0 Å². The van der Waals surface area contributed by atoms with Crippen LogP contribution in [0.25, 0.3) is 0 Å². The number of hydrogen-bond acceptors (Lipinski definition) is 4. The Morgan fingerprint density at radius 2 is 1.74 bits per heavy atom. The molecule has 1 heterocycles. The fourth-order valence-electron chi connectivity index (χ4n) is 3.69. The average molecular weight is 463 g/mol. The minimum absolute atomic E-state index is 0.123. The highest BCUT2D eigenvalue weighted by Gasteiger charge is 2.33. The zero-order chi connectivity index (χ0) is 22.6. The molecule has 1 aliphatic heterocycles. The molecule has 2 amide bonds. The van der Waals surface area contributed by atoms with Gasteiger partial charge in [-0.05, 0) is 49.1 Å². The Labute approximate surface area is 188 Å². The van der Waals surface area contributed by atoms with Gasteiger partial charge in [-0.2, -0.15) is 0 Å². The number of carbonyl (C=O) groups is 2. The number of amides is 2. The smallest absolute Gasteiger partial charge is 0.255 e. The zero-order valence-electron chi connectivity index (χ0n) is 17.7. The zero-order valence-corrected chi connectivity index (χ0v) is 19.2. The molecule has 2 aromatic rings. The van der Waals surface area contributed by atoms with Crippen LogP contribution in [0.5, 0.6) is 0 Å². The molecule has 0 radical (unpaired) electrons. The number of anilines is 1. The van der Waals surface area contributed by atoms with E-state index in [9.17, 15) is 18.0 Å². The van der Waals surface area contributed by atoms with E-state index < -0.39 is 15.1 Å². The van der Waals surface area contributed by atoms with Gasteiger partial charge in [0, 0.05) is 25.2 Å². The highest BCUT2D eigenvalue weighted by atomic mass is 35.5. The van der Waals surface area contributed by atoms with E-state index in [1.807, 2.05) is 13.8 Å². The third-order valence-electron chi connectivity index (χ3n) is 5.31. The first-order valence-electron chi connectivity index (χ1n) is 10.4. The molecule has 1 N–H and O–H groups in total. The highest BCUT2D eigenvalue weighted by Crippen LogP contribution is 2.27. The van der Waals surface area contributed by atoms with Crippen LogP contribution in [0.3, 0.4) is 0 Å². The van der Waals surface area contributed by atoms with Gasteiger partial charge in [0.2, 0.25) is 5.91 Å². The molecule has 3 rings (SSSR count). The van der Waals surface area contributed by atoms with E-state index in [0.29, 0.717) is 53.5 Å².